The van der Waals surface area contributed by atoms with Crippen LogP contribution in [0.3, 0.4) is 0 Å². The van der Waals surface area contributed by atoms with Crippen LogP contribution in [0.25, 0.3) is 0 Å². The van der Waals surface area contributed by atoms with Gasteiger partial charge in [0.25, 0.3) is 0 Å². The number of urea groups is 1. The molecule has 1 aromatic heterocycles. The minimum absolute atomic E-state index is 0.00246. The third-order valence-electron chi connectivity index (χ3n) is 4.37. The number of fused-ring (bicyclic) bond motifs is 1. The molecule has 3 heterocycles. The Kier molecular flexibility index (Phi) is 3.96. The van der Waals surface area contributed by atoms with Crippen molar-refractivity contribution in [2.45, 2.75) is 0 Å². The number of amides is 2. The Balaban J connectivity index is 1.58. The van der Waals surface area contributed by atoms with Gasteiger partial charge < -0.3 is 15.1 Å². The van der Waals surface area contributed by atoms with Crippen LogP contribution in [-0.2, 0) is 0 Å². The molecular formula is C16H19N5O. The first kappa shape index (κ1) is 14.4. The minimum atomic E-state index is -0.00246. The second kappa shape index (κ2) is 6.06. The zero-order valence-corrected chi connectivity index (χ0v) is 12.4. The van der Waals surface area contributed by atoms with Crippen LogP contribution in [0, 0.1) is 23.2 Å². The molecule has 0 spiro atoms. The number of nitriles is 1. The summed E-state index contributed by atoms with van der Waals surface area (Å²) in [4.78, 5) is 20.5. The van der Waals surface area contributed by atoms with Crippen molar-refractivity contribution in [2.75, 3.05) is 37.6 Å². The lowest BCUT2D eigenvalue weighted by molar-refractivity contribution is 0.207. The van der Waals surface area contributed by atoms with Gasteiger partial charge in [-0.25, -0.2) is 9.78 Å². The standard InChI is InChI=1S/C16H19N5O/c1-2-5-18-16(22)21-10-13-8-20(9-14(13)11-21)15-4-3-12(6-17)7-19-15/h2-4,7,13-14H,1,5,8-11H2,(H,18,22). The maximum absolute atomic E-state index is 12.0. The summed E-state index contributed by atoms with van der Waals surface area (Å²) in [5.41, 5.74) is 0.577. The molecule has 6 heteroatoms. The number of pyridine rings is 1. The van der Waals surface area contributed by atoms with E-state index >= 15 is 0 Å². The van der Waals surface area contributed by atoms with Gasteiger partial charge in [0.1, 0.15) is 11.9 Å². The monoisotopic (exact) mass is 297 g/mol. The molecule has 2 amide bonds. The predicted molar refractivity (Wildman–Crippen MR) is 83.3 cm³/mol. The number of likely N-dealkylation sites (tertiary alicyclic amines) is 1. The van der Waals surface area contributed by atoms with E-state index in [4.69, 9.17) is 5.26 Å². The van der Waals surface area contributed by atoms with Crippen molar-refractivity contribution < 1.29 is 4.79 Å². The number of rotatable bonds is 3. The first-order valence-electron chi connectivity index (χ1n) is 7.46. The second-order valence-corrected chi connectivity index (χ2v) is 5.82. The molecule has 2 fully saturated rings. The average molecular weight is 297 g/mol. The highest BCUT2D eigenvalue weighted by Crippen LogP contribution is 2.33. The highest BCUT2D eigenvalue weighted by Gasteiger charge is 2.41. The average Bonchev–Trinajstić information content (AvgIpc) is 3.11. The molecule has 2 unspecified atom stereocenters. The molecule has 2 saturated heterocycles. The van der Waals surface area contributed by atoms with E-state index < -0.39 is 0 Å². The number of aromatic nitrogens is 1. The van der Waals surface area contributed by atoms with E-state index in [9.17, 15) is 4.79 Å². The Labute approximate surface area is 130 Å². The molecule has 6 nitrogen and oxygen atoms in total. The zero-order valence-electron chi connectivity index (χ0n) is 12.4. The number of nitrogens with one attached hydrogen (secondary N) is 1. The van der Waals surface area contributed by atoms with Gasteiger partial charge in [0.15, 0.2) is 0 Å². The van der Waals surface area contributed by atoms with Gasteiger partial charge in [-0.1, -0.05) is 6.08 Å². The van der Waals surface area contributed by atoms with Crippen molar-refractivity contribution in [1.82, 2.24) is 15.2 Å². The summed E-state index contributed by atoms with van der Waals surface area (Å²) in [5.74, 6) is 1.90. The number of hydrogen-bond donors (Lipinski definition) is 1. The maximum Gasteiger partial charge on any atom is 0.317 e. The molecule has 0 radical (unpaired) electrons. The molecule has 22 heavy (non-hydrogen) atoms. The van der Waals surface area contributed by atoms with E-state index in [-0.39, 0.29) is 6.03 Å². The molecule has 0 saturated carbocycles. The van der Waals surface area contributed by atoms with Crippen LogP contribution in [-0.4, -0.2) is 48.6 Å². The Hall–Kier alpha value is -2.55. The summed E-state index contributed by atoms with van der Waals surface area (Å²) >= 11 is 0. The van der Waals surface area contributed by atoms with Gasteiger partial charge >= 0.3 is 6.03 Å². The van der Waals surface area contributed by atoms with Gasteiger partial charge in [-0.2, -0.15) is 5.26 Å². The fourth-order valence-electron chi connectivity index (χ4n) is 3.26. The highest BCUT2D eigenvalue weighted by atomic mass is 16.2. The molecule has 114 valence electrons. The van der Waals surface area contributed by atoms with Gasteiger partial charge in [0.2, 0.25) is 0 Å². The third-order valence-corrected chi connectivity index (χ3v) is 4.37. The highest BCUT2D eigenvalue weighted by molar-refractivity contribution is 5.74. The molecule has 0 aliphatic carbocycles. The van der Waals surface area contributed by atoms with E-state index in [2.05, 4.69) is 27.8 Å². The first-order valence-corrected chi connectivity index (χ1v) is 7.46. The summed E-state index contributed by atoms with van der Waals surface area (Å²) in [6.07, 6.45) is 3.30. The summed E-state index contributed by atoms with van der Waals surface area (Å²) in [7, 11) is 0. The molecule has 3 rings (SSSR count). The van der Waals surface area contributed by atoms with Crippen molar-refractivity contribution >= 4 is 11.8 Å². The topological polar surface area (TPSA) is 72.3 Å². The van der Waals surface area contributed by atoms with Crippen LogP contribution >= 0.6 is 0 Å². The van der Waals surface area contributed by atoms with Crippen LogP contribution in [0.4, 0.5) is 10.6 Å². The number of anilines is 1. The molecule has 0 aromatic carbocycles. The largest absolute Gasteiger partial charge is 0.356 e. The Morgan fingerprint density at radius 2 is 2.14 bits per heavy atom. The van der Waals surface area contributed by atoms with Crippen molar-refractivity contribution in [3.05, 3.63) is 36.5 Å². The van der Waals surface area contributed by atoms with E-state index in [0.29, 0.717) is 23.9 Å². The Bertz CT molecular complexity index is 592. The van der Waals surface area contributed by atoms with E-state index in [1.54, 1.807) is 18.3 Å². The fourth-order valence-corrected chi connectivity index (χ4v) is 3.26. The molecule has 0 bridgehead atoms. The lowest BCUT2D eigenvalue weighted by Gasteiger charge is -2.22. The number of carbonyl (C=O) groups is 1. The Morgan fingerprint density at radius 3 is 2.68 bits per heavy atom. The first-order chi connectivity index (χ1) is 10.7. The van der Waals surface area contributed by atoms with Crippen LogP contribution in [0.15, 0.2) is 31.0 Å². The van der Waals surface area contributed by atoms with Gasteiger partial charge in [-0.15, -0.1) is 6.58 Å². The molecule has 2 aliphatic rings. The lowest BCUT2D eigenvalue weighted by Crippen LogP contribution is -2.40. The summed E-state index contributed by atoms with van der Waals surface area (Å²) in [6, 6.07) is 5.77. The smallest absolute Gasteiger partial charge is 0.317 e. The Morgan fingerprint density at radius 1 is 1.41 bits per heavy atom. The summed E-state index contributed by atoms with van der Waals surface area (Å²) < 4.78 is 0. The molecule has 1 N–H and O–H groups in total. The SMILES string of the molecule is C=CCNC(=O)N1CC2CN(c3ccc(C#N)cn3)CC2C1. The second-order valence-electron chi connectivity index (χ2n) is 5.82. The van der Waals surface area contributed by atoms with Crippen LogP contribution in [0.2, 0.25) is 0 Å². The van der Waals surface area contributed by atoms with Gasteiger partial charge in [-0.3, -0.25) is 0 Å². The summed E-state index contributed by atoms with van der Waals surface area (Å²) in [6.45, 7) is 7.52. The van der Waals surface area contributed by atoms with Crippen LogP contribution in [0.1, 0.15) is 5.56 Å². The van der Waals surface area contributed by atoms with Crippen molar-refractivity contribution in [1.29, 1.82) is 5.26 Å². The molecular weight excluding hydrogens is 278 g/mol. The van der Waals surface area contributed by atoms with E-state index in [1.807, 2.05) is 11.0 Å². The lowest BCUT2D eigenvalue weighted by atomic mass is 10.0. The van der Waals surface area contributed by atoms with E-state index in [0.717, 1.165) is 32.0 Å². The fraction of sp³-hybridized carbons (Fsp3) is 0.438. The van der Waals surface area contributed by atoms with Gasteiger partial charge in [-0.05, 0) is 12.1 Å². The minimum Gasteiger partial charge on any atom is -0.356 e. The van der Waals surface area contributed by atoms with Crippen LogP contribution in [0.5, 0.6) is 0 Å². The molecule has 2 atom stereocenters. The zero-order chi connectivity index (χ0) is 15.5. The van der Waals surface area contributed by atoms with E-state index in [1.165, 1.54) is 0 Å². The predicted octanol–water partition coefficient (Wildman–Crippen LogP) is 1.22. The molecule has 1 aromatic rings. The van der Waals surface area contributed by atoms with Gasteiger partial charge in [0, 0.05) is 50.8 Å². The molecule has 2 aliphatic heterocycles. The van der Waals surface area contributed by atoms with Crippen molar-refractivity contribution in [3.8, 4) is 6.07 Å². The number of hydrogen-bond acceptors (Lipinski definition) is 4. The summed E-state index contributed by atoms with van der Waals surface area (Å²) in [5, 5.41) is 11.6. The van der Waals surface area contributed by atoms with Crippen LogP contribution < -0.4 is 10.2 Å². The normalized spacial score (nSPS) is 23.0. The number of nitrogens with zero attached hydrogens (tertiary/aromatic N) is 4. The third kappa shape index (κ3) is 2.75. The quantitative estimate of drug-likeness (QED) is 0.851. The number of carbonyl (C=O) groups excluding carboxylic acids is 1. The van der Waals surface area contributed by atoms with Crippen molar-refractivity contribution in [3.63, 3.8) is 0 Å². The van der Waals surface area contributed by atoms with Crippen molar-refractivity contribution in [2.24, 2.45) is 11.8 Å². The van der Waals surface area contributed by atoms with Gasteiger partial charge in [0.05, 0.1) is 5.56 Å². The maximum atomic E-state index is 12.0.